The maximum absolute atomic E-state index is 12.9. The lowest BCUT2D eigenvalue weighted by Gasteiger charge is -2.06. The lowest BCUT2D eigenvalue weighted by atomic mass is 10.1. The fourth-order valence-electron chi connectivity index (χ4n) is 3.45. The van der Waals surface area contributed by atoms with Gasteiger partial charge in [0.2, 0.25) is 5.89 Å². The molecule has 0 aliphatic heterocycles. The first-order chi connectivity index (χ1) is 14.7. The number of hydrogen-bond donors (Lipinski definition) is 1. The van der Waals surface area contributed by atoms with E-state index >= 15 is 0 Å². The standard InChI is InChI=1S/C24H18N2O4/c1-28-14-18-17-6-2-4-8-20(17)29-22(18)23(27)25-16-12-10-15(11-13-16)24-26-19-7-3-5-9-21(19)30-24/h2-13H,14H2,1H3,(H,25,27). The van der Waals surface area contributed by atoms with Gasteiger partial charge in [-0.05, 0) is 42.5 Å². The highest BCUT2D eigenvalue weighted by Crippen LogP contribution is 2.28. The number of nitrogens with zero attached hydrogens (tertiary/aromatic N) is 1. The molecule has 0 saturated carbocycles. The molecule has 2 aromatic heterocycles. The van der Waals surface area contributed by atoms with Crippen LogP contribution < -0.4 is 5.32 Å². The largest absolute Gasteiger partial charge is 0.451 e. The highest BCUT2D eigenvalue weighted by Gasteiger charge is 2.20. The molecule has 30 heavy (non-hydrogen) atoms. The summed E-state index contributed by atoms with van der Waals surface area (Å²) in [4.78, 5) is 17.4. The van der Waals surface area contributed by atoms with Gasteiger partial charge < -0.3 is 18.9 Å². The van der Waals surface area contributed by atoms with Crippen LogP contribution in [0, 0.1) is 0 Å². The van der Waals surface area contributed by atoms with Gasteiger partial charge in [-0.25, -0.2) is 4.98 Å². The van der Waals surface area contributed by atoms with Crippen molar-refractivity contribution >= 4 is 33.7 Å². The van der Waals surface area contributed by atoms with E-state index in [9.17, 15) is 4.79 Å². The lowest BCUT2D eigenvalue weighted by molar-refractivity contribution is 0.0992. The number of benzene rings is 3. The van der Waals surface area contributed by atoms with Crippen molar-refractivity contribution in [1.82, 2.24) is 4.98 Å². The third-order valence-electron chi connectivity index (χ3n) is 4.88. The van der Waals surface area contributed by atoms with E-state index in [0.717, 1.165) is 27.6 Å². The van der Waals surface area contributed by atoms with Crippen molar-refractivity contribution in [1.29, 1.82) is 0 Å². The molecule has 0 aliphatic carbocycles. The molecule has 5 aromatic rings. The summed E-state index contributed by atoms with van der Waals surface area (Å²) < 4.78 is 16.9. The van der Waals surface area contributed by atoms with Crippen molar-refractivity contribution in [3.8, 4) is 11.5 Å². The molecule has 0 saturated heterocycles. The van der Waals surface area contributed by atoms with Crippen molar-refractivity contribution in [2.24, 2.45) is 0 Å². The minimum Gasteiger partial charge on any atom is -0.451 e. The number of anilines is 1. The second-order valence-corrected chi connectivity index (χ2v) is 6.86. The number of carbonyl (C=O) groups is 1. The van der Waals surface area contributed by atoms with E-state index in [2.05, 4.69) is 10.3 Å². The smallest absolute Gasteiger partial charge is 0.291 e. The molecule has 0 bridgehead atoms. The number of fused-ring (bicyclic) bond motifs is 2. The van der Waals surface area contributed by atoms with Crippen LogP contribution in [0.25, 0.3) is 33.5 Å². The first-order valence-electron chi connectivity index (χ1n) is 9.49. The van der Waals surface area contributed by atoms with E-state index in [1.54, 1.807) is 19.2 Å². The van der Waals surface area contributed by atoms with E-state index < -0.39 is 0 Å². The van der Waals surface area contributed by atoms with Crippen LogP contribution in [0.3, 0.4) is 0 Å². The summed E-state index contributed by atoms with van der Waals surface area (Å²) in [5, 5.41) is 3.76. The van der Waals surface area contributed by atoms with Gasteiger partial charge in [-0.1, -0.05) is 30.3 Å². The van der Waals surface area contributed by atoms with Crippen molar-refractivity contribution in [2.75, 3.05) is 12.4 Å². The maximum Gasteiger partial charge on any atom is 0.291 e. The van der Waals surface area contributed by atoms with Crippen LogP contribution in [0.2, 0.25) is 0 Å². The molecule has 6 heteroatoms. The Balaban J connectivity index is 1.40. The predicted molar refractivity (Wildman–Crippen MR) is 114 cm³/mol. The van der Waals surface area contributed by atoms with Gasteiger partial charge in [-0.2, -0.15) is 0 Å². The number of rotatable bonds is 5. The van der Waals surface area contributed by atoms with Crippen LogP contribution in [0.5, 0.6) is 0 Å². The number of carbonyl (C=O) groups excluding carboxylic acids is 1. The highest BCUT2D eigenvalue weighted by molar-refractivity contribution is 6.06. The summed E-state index contributed by atoms with van der Waals surface area (Å²) in [7, 11) is 1.59. The van der Waals surface area contributed by atoms with E-state index in [4.69, 9.17) is 13.6 Å². The number of oxazole rings is 1. The first kappa shape index (κ1) is 18.1. The second-order valence-electron chi connectivity index (χ2n) is 6.86. The summed E-state index contributed by atoms with van der Waals surface area (Å²) in [6.45, 7) is 0.288. The zero-order valence-electron chi connectivity index (χ0n) is 16.2. The minimum atomic E-state index is -0.326. The van der Waals surface area contributed by atoms with E-state index in [1.807, 2.05) is 60.7 Å². The summed E-state index contributed by atoms with van der Waals surface area (Å²) in [6, 6.07) is 22.5. The van der Waals surface area contributed by atoms with Crippen LogP contribution in [0.1, 0.15) is 16.1 Å². The molecule has 2 heterocycles. The monoisotopic (exact) mass is 398 g/mol. The highest BCUT2D eigenvalue weighted by atomic mass is 16.5. The Morgan fingerprint density at radius 3 is 2.43 bits per heavy atom. The Bertz CT molecular complexity index is 1320. The first-order valence-corrected chi connectivity index (χ1v) is 9.49. The van der Waals surface area contributed by atoms with Gasteiger partial charge in [0.1, 0.15) is 11.1 Å². The summed E-state index contributed by atoms with van der Waals surface area (Å²) in [5.41, 5.74) is 4.40. The fraction of sp³-hybridized carbons (Fsp3) is 0.0833. The van der Waals surface area contributed by atoms with Crippen LogP contribution in [-0.4, -0.2) is 18.0 Å². The molecule has 0 aliphatic rings. The van der Waals surface area contributed by atoms with Gasteiger partial charge >= 0.3 is 0 Å². The molecular formula is C24H18N2O4. The van der Waals surface area contributed by atoms with Gasteiger partial charge in [0.05, 0.1) is 6.61 Å². The quantitative estimate of drug-likeness (QED) is 0.415. The molecule has 6 nitrogen and oxygen atoms in total. The molecule has 1 N–H and O–H groups in total. The number of ether oxygens (including phenoxy) is 1. The van der Waals surface area contributed by atoms with Crippen LogP contribution >= 0.6 is 0 Å². The van der Waals surface area contributed by atoms with Crippen molar-refractivity contribution in [2.45, 2.75) is 6.61 Å². The SMILES string of the molecule is COCc1c(C(=O)Nc2ccc(-c3nc4ccccc4o3)cc2)oc2ccccc12. The third kappa shape index (κ3) is 3.23. The number of methoxy groups -OCH3 is 1. The van der Waals surface area contributed by atoms with Gasteiger partial charge in [-0.15, -0.1) is 0 Å². The molecule has 5 rings (SSSR count). The fourth-order valence-corrected chi connectivity index (χ4v) is 3.45. The van der Waals surface area contributed by atoms with Gasteiger partial charge in [0.25, 0.3) is 5.91 Å². The molecular weight excluding hydrogens is 380 g/mol. The average molecular weight is 398 g/mol. The Morgan fingerprint density at radius 2 is 1.67 bits per heavy atom. The number of nitrogens with one attached hydrogen (secondary N) is 1. The Hall–Kier alpha value is -3.90. The number of amides is 1. The van der Waals surface area contributed by atoms with Crippen molar-refractivity contribution in [3.63, 3.8) is 0 Å². The number of para-hydroxylation sites is 3. The lowest BCUT2D eigenvalue weighted by Crippen LogP contribution is -2.13. The topological polar surface area (TPSA) is 77.5 Å². The molecule has 148 valence electrons. The van der Waals surface area contributed by atoms with Gasteiger partial charge in [-0.3, -0.25) is 4.79 Å². The Kier molecular flexibility index (Phi) is 4.53. The van der Waals surface area contributed by atoms with Crippen molar-refractivity contribution in [3.05, 3.63) is 84.1 Å². The second kappa shape index (κ2) is 7.50. The Morgan fingerprint density at radius 1 is 0.933 bits per heavy atom. The number of hydrogen-bond acceptors (Lipinski definition) is 5. The van der Waals surface area contributed by atoms with Crippen molar-refractivity contribution < 1.29 is 18.4 Å². The van der Waals surface area contributed by atoms with Gasteiger partial charge in [0, 0.05) is 29.3 Å². The van der Waals surface area contributed by atoms with Crippen LogP contribution in [-0.2, 0) is 11.3 Å². The third-order valence-corrected chi connectivity index (χ3v) is 4.88. The van der Waals surface area contributed by atoms with E-state index in [1.165, 1.54) is 0 Å². The number of aromatic nitrogens is 1. The predicted octanol–water partition coefficient (Wildman–Crippen LogP) is 5.64. The molecule has 1 amide bonds. The zero-order valence-corrected chi connectivity index (χ0v) is 16.2. The Labute approximate surface area is 172 Å². The molecule has 0 fully saturated rings. The molecule has 0 spiro atoms. The summed E-state index contributed by atoms with van der Waals surface area (Å²) >= 11 is 0. The molecule has 3 aromatic carbocycles. The van der Waals surface area contributed by atoms with Crippen LogP contribution in [0.15, 0.2) is 81.6 Å². The maximum atomic E-state index is 12.9. The van der Waals surface area contributed by atoms with E-state index in [0.29, 0.717) is 17.2 Å². The normalized spacial score (nSPS) is 11.2. The molecule has 0 atom stereocenters. The van der Waals surface area contributed by atoms with E-state index in [-0.39, 0.29) is 18.3 Å². The minimum absolute atomic E-state index is 0.251. The summed E-state index contributed by atoms with van der Waals surface area (Å²) in [5.74, 6) is 0.461. The summed E-state index contributed by atoms with van der Waals surface area (Å²) in [6.07, 6.45) is 0. The zero-order chi connectivity index (χ0) is 20.5. The van der Waals surface area contributed by atoms with Gasteiger partial charge in [0.15, 0.2) is 11.3 Å². The molecule has 0 radical (unpaired) electrons. The average Bonchev–Trinajstić information content (AvgIpc) is 3.37. The van der Waals surface area contributed by atoms with Crippen LogP contribution in [0.4, 0.5) is 5.69 Å². The molecule has 0 unspecified atom stereocenters. The number of furan rings is 1.